The maximum atomic E-state index is 13.8. The highest BCUT2D eigenvalue weighted by atomic mass is 16.6. The largest absolute Gasteiger partial charge is 0.479 e. The molecule has 1 amide bonds. The Morgan fingerprint density at radius 3 is 2.23 bits per heavy atom. The fourth-order valence-corrected chi connectivity index (χ4v) is 4.02. The van der Waals surface area contributed by atoms with Crippen LogP contribution in [-0.4, -0.2) is 30.1 Å². The Kier molecular flexibility index (Phi) is 7.73. The van der Waals surface area contributed by atoms with E-state index in [0.29, 0.717) is 28.6 Å². The first-order chi connectivity index (χ1) is 17.1. The second-order valence-corrected chi connectivity index (χ2v) is 7.99. The van der Waals surface area contributed by atoms with E-state index in [-0.39, 0.29) is 30.9 Å². The van der Waals surface area contributed by atoms with Crippen molar-refractivity contribution in [3.63, 3.8) is 0 Å². The third-order valence-corrected chi connectivity index (χ3v) is 5.68. The predicted molar refractivity (Wildman–Crippen MR) is 136 cm³/mol. The lowest BCUT2D eigenvalue weighted by molar-refractivity contribution is -0.145. The monoisotopic (exact) mass is 468 g/mol. The maximum absolute atomic E-state index is 13.8. The lowest BCUT2D eigenvalue weighted by Gasteiger charge is -2.21. The van der Waals surface area contributed by atoms with Gasteiger partial charge in [-0.05, 0) is 25.0 Å². The minimum atomic E-state index is -0.512. The summed E-state index contributed by atoms with van der Waals surface area (Å²) in [5, 5.41) is 3.81. The van der Waals surface area contributed by atoms with Gasteiger partial charge in [0.25, 0.3) is 5.91 Å². The molecule has 0 saturated heterocycles. The molecule has 178 valence electrons. The van der Waals surface area contributed by atoms with E-state index >= 15 is 0 Å². The molecule has 0 bridgehead atoms. The predicted octanol–water partition coefficient (Wildman–Crippen LogP) is 5.72. The number of ether oxygens (including phenoxy) is 2. The van der Waals surface area contributed by atoms with Crippen molar-refractivity contribution < 1.29 is 19.1 Å². The first kappa shape index (κ1) is 24.0. The molecule has 6 heteroatoms. The number of para-hydroxylation sites is 1. The number of rotatable bonds is 9. The van der Waals surface area contributed by atoms with E-state index in [4.69, 9.17) is 14.5 Å². The van der Waals surface area contributed by atoms with Crippen molar-refractivity contribution in [3.8, 4) is 17.0 Å². The quantitative estimate of drug-likeness (QED) is 0.318. The van der Waals surface area contributed by atoms with Crippen LogP contribution in [0.3, 0.4) is 0 Å². The Labute approximate surface area is 204 Å². The van der Waals surface area contributed by atoms with Gasteiger partial charge in [-0.3, -0.25) is 4.79 Å². The molecule has 4 rings (SSSR count). The number of fused-ring (bicyclic) bond motifs is 1. The highest BCUT2D eigenvalue weighted by Crippen LogP contribution is 2.37. The first-order valence-electron chi connectivity index (χ1n) is 11.7. The van der Waals surface area contributed by atoms with Gasteiger partial charge in [0, 0.05) is 10.9 Å². The van der Waals surface area contributed by atoms with E-state index < -0.39 is 5.97 Å². The summed E-state index contributed by atoms with van der Waals surface area (Å²) in [6.07, 6.45) is 0.712. The number of amides is 1. The van der Waals surface area contributed by atoms with Gasteiger partial charge in [-0.2, -0.15) is 0 Å². The molecule has 1 heterocycles. The van der Waals surface area contributed by atoms with Gasteiger partial charge in [0.15, 0.2) is 12.4 Å². The smallest absolute Gasteiger partial charge is 0.344 e. The third-order valence-electron chi connectivity index (χ3n) is 5.68. The Balaban J connectivity index is 1.85. The van der Waals surface area contributed by atoms with Crippen LogP contribution in [0, 0.1) is 0 Å². The summed E-state index contributed by atoms with van der Waals surface area (Å²) in [5.41, 5.74) is 3.28. The molecule has 4 aromatic rings. The lowest BCUT2D eigenvalue weighted by Crippen LogP contribution is -2.29. The van der Waals surface area contributed by atoms with E-state index in [1.54, 1.807) is 6.92 Å². The standard InChI is InChI=1S/C29H28N2O4/c1-3-23(20-13-7-5-8-14-20)31-29(33)26-22-17-11-12-18-24(22)30-27(21-15-9-6-10-16-21)28(26)35-19-25(32)34-4-2/h5-18,23H,3-4,19H2,1-2H3,(H,31,33). The number of carbonyl (C=O) groups is 2. The van der Waals surface area contributed by atoms with E-state index in [9.17, 15) is 9.59 Å². The molecule has 0 aliphatic rings. The van der Waals surface area contributed by atoms with Crippen LogP contribution in [0.2, 0.25) is 0 Å². The number of hydrogen-bond donors (Lipinski definition) is 1. The maximum Gasteiger partial charge on any atom is 0.344 e. The number of benzene rings is 3. The number of aromatic nitrogens is 1. The summed E-state index contributed by atoms with van der Waals surface area (Å²) in [7, 11) is 0. The molecule has 3 aromatic carbocycles. The number of esters is 1. The van der Waals surface area contributed by atoms with Crippen LogP contribution >= 0.6 is 0 Å². The number of carbonyl (C=O) groups excluding carboxylic acids is 2. The Hall–Kier alpha value is -4.19. The summed E-state index contributed by atoms with van der Waals surface area (Å²) in [6, 6.07) is 26.6. The topological polar surface area (TPSA) is 77.5 Å². The fourth-order valence-electron chi connectivity index (χ4n) is 4.02. The van der Waals surface area contributed by atoms with Gasteiger partial charge in [0.1, 0.15) is 5.69 Å². The van der Waals surface area contributed by atoms with Crippen molar-refractivity contribution in [2.75, 3.05) is 13.2 Å². The summed E-state index contributed by atoms with van der Waals surface area (Å²) in [6.45, 7) is 3.67. The fraction of sp³-hybridized carbons (Fsp3) is 0.207. The second-order valence-electron chi connectivity index (χ2n) is 7.99. The molecule has 0 aliphatic carbocycles. The van der Waals surface area contributed by atoms with Crippen LogP contribution < -0.4 is 10.1 Å². The van der Waals surface area contributed by atoms with Crippen LogP contribution in [0.1, 0.15) is 42.2 Å². The zero-order valence-electron chi connectivity index (χ0n) is 19.9. The van der Waals surface area contributed by atoms with Crippen molar-refractivity contribution in [1.82, 2.24) is 10.3 Å². The van der Waals surface area contributed by atoms with Gasteiger partial charge < -0.3 is 14.8 Å². The average molecular weight is 469 g/mol. The molecule has 35 heavy (non-hydrogen) atoms. The molecule has 0 spiro atoms. The zero-order chi connectivity index (χ0) is 24.6. The van der Waals surface area contributed by atoms with Crippen molar-refractivity contribution in [2.24, 2.45) is 0 Å². The molecular weight excluding hydrogens is 440 g/mol. The van der Waals surface area contributed by atoms with Gasteiger partial charge in [-0.1, -0.05) is 85.8 Å². The van der Waals surface area contributed by atoms with Crippen molar-refractivity contribution in [3.05, 3.63) is 96.1 Å². The molecule has 1 N–H and O–H groups in total. The number of nitrogens with one attached hydrogen (secondary N) is 1. The van der Waals surface area contributed by atoms with Crippen molar-refractivity contribution in [1.29, 1.82) is 0 Å². The van der Waals surface area contributed by atoms with Crippen molar-refractivity contribution >= 4 is 22.8 Å². The minimum Gasteiger partial charge on any atom is -0.479 e. The first-order valence-corrected chi connectivity index (χ1v) is 11.7. The van der Waals surface area contributed by atoms with E-state index in [1.807, 2.05) is 91.9 Å². The van der Waals surface area contributed by atoms with Crippen LogP contribution in [0.25, 0.3) is 22.2 Å². The summed E-state index contributed by atoms with van der Waals surface area (Å²) in [4.78, 5) is 30.8. The molecule has 1 unspecified atom stereocenters. The summed E-state index contributed by atoms with van der Waals surface area (Å²) < 4.78 is 11.0. The molecular formula is C29H28N2O4. The summed E-state index contributed by atoms with van der Waals surface area (Å²) >= 11 is 0. The minimum absolute atomic E-state index is 0.186. The number of hydrogen-bond acceptors (Lipinski definition) is 5. The normalized spacial score (nSPS) is 11.6. The molecule has 0 radical (unpaired) electrons. The highest BCUT2D eigenvalue weighted by molar-refractivity contribution is 6.10. The highest BCUT2D eigenvalue weighted by Gasteiger charge is 2.25. The van der Waals surface area contributed by atoms with Crippen LogP contribution in [0.15, 0.2) is 84.9 Å². The van der Waals surface area contributed by atoms with Gasteiger partial charge >= 0.3 is 5.97 Å². The van der Waals surface area contributed by atoms with Gasteiger partial charge in [0.2, 0.25) is 0 Å². The van der Waals surface area contributed by atoms with Crippen LogP contribution in [0.4, 0.5) is 0 Å². The van der Waals surface area contributed by atoms with Gasteiger partial charge in [0.05, 0.1) is 23.7 Å². The van der Waals surface area contributed by atoms with Gasteiger partial charge in [-0.15, -0.1) is 0 Å². The van der Waals surface area contributed by atoms with E-state index in [0.717, 1.165) is 11.1 Å². The van der Waals surface area contributed by atoms with Crippen LogP contribution in [-0.2, 0) is 9.53 Å². The Morgan fingerprint density at radius 1 is 0.886 bits per heavy atom. The summed E-state index contributed by atoms with van der Waals surface area (Å²) in [5.74, 6) is -0.555. The molecule has 0 saturated carbocycles. The third kappa shape index (κ3) is 5.49. The molecule has 6 nitrogen and oxygen atoms in total. The SMILES string of the molecule is CCOC(=O)COc1c(-c2ccccc2)nc2ccccc2c1C(=O)NC(CC)c1ccccc1. The Morgan fingerprint density at radius 2 is 1.54 bits per heavy atom. The Bertz CT molecular complexity index is 1310. The lowest BCUT2D eigenvalue weighted by atomic mass is 10.00. The zero-order valence-corrected chi connectivity index (χ0v) is 19.9. The average Bonchev–Trinajstić information content (AvgIpc) is 2.90. The second kappa shape index (κ2) is 11.3. The molecule has 1 atom stereocenters. The molecule has 0 aliphatic heterocycles. The number of pyridine rings is 1. The van der Waals surface area contributed by atoms with Gasteiger partial charge in [-0.25, -0.2) is 9.78 Å². The van der Waals surface area contributed by atoms with E-state index in [1.165, 1.54) is 0 Å². The van der Waals surface area contributed by atoms with E-state index in [2.05, 4.69) is 5.32 Å². The number of nitrogens with zero attached hydrogens (tertiary/aromatic N) is 1. The molecule has 1 aromatic heterocycles. The van der Waals surface area contributed by atoms with Crippen LogP contribution in [0.5, 0.6) is 5.75 Å². The molecule has 0 fully saturated rings. The van der Waals surface area contributed by atoms with Crippen molar-refractivity contribution in [2.45, 2.75) is 26.3 Å².